The molecule has 0 aliphatic rings. The highest BCUT2D eigenvalue weighted by molar-refractivity contribution is 7.85. The van der Waals surface area contributed by atoms with E-state index in [1.807, 2.05) is 0 Å². The minimum atomic E-state index is -1.53. The van der Waals surface area contributed by atoms with Crippen LogP contribution in [0.4, 0.5) is 15.8 Å². The first-order valence-corrected chi connectivity index (χ1v) is 7.66. The monoisotopic (exact) mass is 306 g/mol. The van der Waals surface area contributed by atoms with Gasteiger partial charge in [0.15, 0.2) is 0 Å². The van der Waals surface area contributed by atoms with Crippen LogP contribution in [0, 0.1) is 5.82 Å². The second kappa shape index (κ2) is 6.99. The summed E-state index contributed by atoms with van der Waals surface area (Å²) in [5.74, 6) is -0.721. The molecule has 0 radical (unpaired) electrons. The normalized spacial score (nSPS) is 11.9. The highest BCUT2D eigenvalue weighted by atomic mass is 32.2. The lowest BCUT2D eigenvalue weighted by molar-refractivity contribution is -0.115. The molecule has 0 saturated carbocycles. The van der Waals surface area contributed by atoms with E-state index in [9.17, 15) is 13.4 Å². The van der Waals surface area contributed by atoms with Crippen molar-refractivity contribution < 1.29 is 13.4 Å². The number of nitrogens with two attached hydrogens (primary N) is 1. The van der Waals surface area contributed by atoms with Gasteiger partial charge in [0.1, 0.15) is 5.82 Å². The van der Waals surface area contributed by atoms with Crippen molar-refractivity contribution in [1.82, 2.24) is 0 Å². The predicted molar refractivity (Wildman–Crippen MR) is 81.8 cm³/mol. The van der Waals surface area contributed by atoms with Crippen LogP contribution in [0.5, 0.6) is 0 Å². The van der Waals surface area contributed by atoms with Gasteiger partial charge in [-0.3, -0.25) is 9.00 Å². The van der Waals surface area contributed by atoms with Crippen LogP contribution >= 0.6 is 0 Å². The van der Waals surface area contributed by atoms with Gasteiger partial charge >= 0.3 is 0 Å². The van der Waals surface area contributed by atoms with E-state index in [1.165, 1.54) is 18.2 Å². The molecule has 4 nitrogen and oxygen atoms in total. The number of rotatable bonds is 5. The molecule has 0 heterocycles. The second-order valence-electron chi connectivity index (χ2n) is 4.40. The molecule has 0 saturated heterocycles. The first kappa shape index (κ1) is 15.2. The van der Waals surface area contributed by atoms with E-state index in [2.05, 4.69) is 5.32 Å². The van der Waals surface area contributed by atoms with Crippen molar-refractivity contribution >= 4 is 28.1 Å². The molecular weight excluding hydrogens is 291 g/mol. The maximum absolute atomic E-state index is 13.4. The zero-order chi connectivity index (χ0) is 15.2. The SMILES string of the molecule is Nc1ccc(NC(=O)CCS(=O)c2ccccc2F)cc1. The smallest absolute Gasteiger partial charge is 0.225 e. The molecule has 1 unspecified atom stereocenters. The van der Waals surface area contributed by atoms with Gasteiger partial charge in [0.25, 0.3) is 0 Å². The van der Waals surface area contributed by atoms with Crippen LogP contribution in [-0.4, -0.2) is 15.9 Å². The molecular formula is C15H15FN2O2S. The summed E-state index contributed by atoms with van der Waals surface area (Å²) in [4.78, 5) is 11.9. The van der Waals surface area contributed by atoms with Crippen LogP contribution in [0.2, 0.25) is 0 Å². The third kappa shape index (κ3) is 4.39. The van der Waals surface area contributed by atoms with Crippen LogP contribution in [0.25, 0.3) is 0 Å². The average Bonchev–Trinajstić information content (AvgIpc) is 2.48. The lowest BCUT2D eigenvalue weighted by Crippen LogP contribution is -2.15. The molecule has 2 aromatic carbocycles. The van der Waals surface area contributed by atoms with Crippen molar-refractivity contribution in [3.63, 3.8) is 0 Å². The van der Waals surface area contributed by atoms with Gasteiger partial charge in [-0.2, -0.15) is 0 Å². The third-order valence-corrected chi connectivity index (χ3v) is 4.19. The Kier molecular flexibility index (Phi) is 5.05. The Hall–Kier alpha value is -2.21. The fourth-order valence-electron chi connectivity index (χ4n) is 1.71. The van der Waals surface area contributed by atoms with Gasteiger partial charge in [0.05, 0.1) is 15.7 Å². The van der Waals surface area contributed by atoms with Gasteiger partial charge in [0.2, 0.25) is 5.91 Å². The Morgan fingerprint density at radius 2 is 1.81 bits per heavy atom. The van der Waals surface area contributed by atoms with Crippen molar-refractivity contribution in [2.24, 2.45) is 0 Å². The van der Waals surface area contributed by atoms with E-state index >= 15 is 0 Å². The van der Waals surface area contributed by atoms with E-state index in [0.717, 1.165) is 0 Å². The molecule has 1 atom stereocenters. The van der Waals surface area contributed by atoms with E-state index < -0.39 is 16.6 Å². The summed E-state index contributed by atoms with van der Waals surface area (Å²) in [6, 6.07) is 12.6. The van der Waals surface area contributed by atoms with Crippen molar-refractivity contribution in [3.8, 4) is 0 Å². The number of nitrogens with one attached hydrogen (secondary N) is 1. The number of hydrogen-bond acceptors (Lipinski definition) is 3. The zero-order valence-electron chi connectivity index (χ0n) is 11.2. The van der Waals surface area contributed by atoms with E-state index in [4.69, 9.17) is 5.73 Å². The summed E-state index contributed by atoms with van der Waals surface area (Å²) in [6.45, 7) is 0. The molecule has 0 fully saturated rings. The van der Waals surface area contributed by atoms with Crippen LogP contribution in [0.3, 0.4) is 0 Å². The molecule has 1 amide bonds. The molecule has 0 spiro atoms. The summed E-state index contributed by atoms with van der Waals surface area (Å²) in [6.07, 6.45) is 0.0469. The Morgan fingerprint density at radius 3 is 2.48 bits per heavy atom. The third-order valence-electron chi connectivity index (χ3n) is 2.79. The van der Waals surface area contributed by atoms with Gasteiger partial charge in [-0.15, -0.1) is 0 Å². The lowest BCUT2D eigenvalue weighted by Gasteiger charge is -2.06. The Bertz CT molecular complexity index is 659. The minimum Gasteiger partial charge on any atom is -0.399 e. The number of halogens is 1. The quantitative estimate of drug-likeness (QED) is 0.834. The number of carbonyl (C=O) groups excluding carboxylic acids is 1. The molecule has 0 aromatic heterocycles. The Balaban J connectivity index is 1.88. The molecule has 21 heavy (non-hydrogen) atoms. The van der Waals surface area contributed by atoms with Crippen molar-refractivity contribution in [3.05, 3.63) is 54.3 Å². The first-order valence-electron chi connectivity index (χ1n) is 6.34. The molecule has 110 valence electrons. The highest BCUT2D eigenvalue weighted by Crippen LogP contribution is 2.14. The van der Waals surface area contributed by atoms with Crippen LogP contribution in [0.1, 0.15) is 6.42 Å². The number of amides is 1. The predicted octanol–water partition coefficient (Wildman–Crippen LogP) is 2.54. The molecule has 0 bridgehead atoms. The number of benzene rings is 2. The van der Waals surface area contributed by atoms with Gasteiger partial charge in [-0.05, 0) is 36.4 Å². The van der Waals surface area contributed by atoms with Crippen molar-refractivity contribution in [2.75, 3.05) is 16.8 Å². The molecule has 3 N–H and O–H groups in total. The standard InChI is InChI=1S/C15H15FN2O2S/c16-13-3-1-2-4-14(13)21(20)10-9-15(19)18-12-7-5-11(17)6-8-12/h1-8H,9-10,17H2,(H,18,19). The summed E-state index contributed by atoms with van der Waals surface area (Å²) in [5.41, 5.74) is 6.77. The van der Waals surface area contributed by atoms with E-state index in [-0.39, 0.29) is 23.0 Å². The van der Waals surface area contributed by atoms with Gasteiger partial charge in [-0.25, -0.2) is 4.39 Å². The molecule has 2 aromatic rings. The summed E-state index contributed by atoms with van der Waals surface area (Å²) < 4.78 is 25.4. The maximum Gasteiger partial charge on any atom is 0.225 e. The largest absolute Gasteiger partial charge is 0.399 e. The van der Waals surface area contributed by atoms with Gasteiger partial charge in [0, 0.05) is 23.5 Å². The van der Waals surface area contributed by atoms with Crippen molar-refractivity contribution in [1.29, 1.82) is 0 Å². The second-order valence-corrected chi connectivity index (χ2v) is 5.94. The highest BCUT2D eigenvalue weighted by Gasteiger charge is 2.11. The number of nitrogen functional groups attached to an aromatic ring is 1. The van der Waals surface area contributed by atoms with E-state index in [1.54, 1.807) is 30.3 Å². The number of carbonyl (C=O) groups is 1. The van der Waals surface area contributed by atoms with Crippen molar-refractivity contribution in [2.45, 2.75) is 11.3 Å². The summed E-state index contributed by atoms with van der Waals surface area (Å²) in [5, 5.41) is 2.67. The molecule has 6 heteroatoms. The fourth-order valence-corrected chi connectivity index (χ4v) is 2.82. The minimum absolute atomic E-state index is 0.0469. The number of anilines is 2. The summed E-state index contributed by atoms with van der Waals surface area (Å²) >= 11 is 0. The van der Waals surface area contributed by atoms with Crippen LogP contribution < -0.4 is 11.1 Å². The maximum atomic E-state index is 13.4. The molecule has 2 rings (SSSR count). The zero-order valence-corrected chi connectivity index (χ0v) is 12.0. The summed E-state index contributed by atoms with van der Waals surface area (Å²) in [7, 11) is -1.53. The lowest BCUT2D eigenvalue weighted by atomic mass is 10.3. The fraction of sp³-hybridized carbons (Fsp3) is 0.133. The van der Waals surface area contributed by atoms with E-state index in [0.29, 0.717) is 11.4 Å². The first-order chi connectivity index (χ1) is 10.1. The Labute approximate surface area is 124 Å². The number of hydrogen-bond donors (Lipinski definition) is 2. The van der Waals surface area contributed by atoms with Gasteiger partial charge < -0.3 is 11.1 Å². The topological polar surface area (TPSA) is 72.2 Å². The van der Waals surface area contributed by atoms with Gasteiger partial charge in [-0.1, -0.05) is 12.1 Å². The molecule has 0 aliphatic carbocycles. The van der Waals surface area contributed by atoms with Crippen LogP contribution in [0.15, 0.2) is 53.4 Å². The Morgan fingerprint density at radius 1 is 1.14 bits per heavy atom. The van der Waals surface area contributed by atoms with Crippen LogP contribution in [-0.2, 0) is 15.6 Å². The average molecular weight is 306 g/mol. The molecule has 0 aliphatic heterocycles.